The van der Waals surface area contributed by atoms with Crippen molar-refractivity contribution in [2.45, 2.75) is 44.3 Å². The first-order valence-corrected chi connectivity index (χ1v) is 8.37. The van der Waals surface area contributed by atoms with Gasteiger partial charge in [-0.15, -0.1) is 0 Å². The average Bonchev–Trinajstić information content (AvgIpc) is 3.35. The van der Waals surface area contributed by atoms with Crippen molar-refractivity contribution in [3.05, 3.63) is 23.5 Å². The van der Waals surface area contributed by atoms with E-state index in [-0.39, 0.29) is 23.4 Å². The van der Waals surface area contributed by atoms with Crippen LogP contribution in [0, 0.1) is 6.92 Å². The number of hydrogen-bond donors (Lipinski definition) is 0. The van der Waals surface area contributed by atoms with Crippen molar-refractivity contribution in [2.75, 3.05) is 20.2 Å². The Balaban J connectivity index is 1.37. The third kappa shape index (κ3) is 2.99. The molecular formula is C16H20N4O5. The molecule has 0 aliphatic carbocycles. The van der Waals surface area contributed by atoms with Crippen LogP contribution in [0.5, 0.6) is 5.88 Å². The Morgan fingerprint density at radius 2 is 2.08 bits per heavy atom. The van der Waals surface area contributed by atoms with Gasteiger partial charge in [-0.05, 0) is 37.8 Å². The minimum atomic E-state index is -0.219. The topological polar surface area (TPSA) is 104 Å². The van der Waals surface area contributed by atoms with Crippen LogP contribution in [0.15, 0.2) is 15.1 Å². The summed E-state index contributed by atoms with van der Waals surface area (Å²) in [6, 6.07) is 1.51. The van der Waals surface area contributed by atoms with Crippen LogP contribution in [0.2, 0.25) is 0 Å². The zero-order valence-electron chi connectivity index (χ0n) is 14.2. The number of carbonyl (C=O) groups excluding carboxylic acids is 1. The molecule has 0 saturated carbocycles. The van der Waals surface area contributed by atoms with Crippen molar-refractivity contribution in [2.24, 2.45) is 0 Å². The Labute approximate surface area is 144 Å². The molecule has 2 saturated heterocycles. The predicted octanol–water partition coefficient (Wildman–Crippen LogP) is 1.90. The summed E-state index contributed by atoms with van der Waals surface area (Å²) < 4.78 is 21.5. The number of aromatic nitrogens is 3. The molecule has 2 aliphatic heterocycles. The number of nitrogens with zero attached hydrogens (tertiary/aromatic N) is 4. The van der Waals surface area contributed by atoms with Crippen molar-refractivity contribution in [1.82, 2.24) is 20.2 Å². The first-order valence-electron chi connectivity index (χ1n) is 8.37. The van der Waals surface area contributed by atoms with Crippen molar-refractivity contribution in [1.29, 1.82) is 0 Å². The molecule has 1 spiro atoms. The largest absolute Gasteiger partial charge is 0.479 e. The van der Waals surface area contributed by atoms with Crippen LogP contribution in [-0.2, 0) is 4.74 Å². The smallest absolute Gasteiger partial charge is 0.292 e. The van der Waals surface area contributed by atoms with Gasteiger partial charge in [0.2, 0.25) is 5.76 Å². The predicted molar refractivity (Wildman–Crippen MR) is 83.0 cm³/mol. The molecule has 0 aromatic carbocycles. The summed E-state index contributed by atoms with van der Waals surface area (Å²) in [6.45, 7) is 3.01. The Morgan fingerprint density at radius 1 is 1.28 bits per heavy atom. The van der Waals surface area contributed by atoms with Crippen LogP contribution in [0.25, 0.3) is 0 Å². The lowest BCUT2D eigenvalue weighted by Gasteiger charge is -2.38. The van der Waals surface area contributed by atoms with Crippen LogP contribution in [-0.4, -0.2) is 51.9 Å². The second-order valence-corrected chi connectivity index (χ2v) is 6.53. The summed E-state index contributed by atoms with van der Waals surface area (Å²) in [5.74, 6) is 1.48. The monoisotopic (exact) mass is 348 g/mol. The van der Waals surface area contributed by atoms with E-state index >= 15 is 0 Å². The van der Waals surface area contributed by atoms with Gasteiger partial charge < -0.3 is 23.4 Å². The summed E-state index contributed by atoms with van der Waals surface area (Å²) in [7, 11) is 1.48. The summed E-state index contributed by atoms with van der Waals surface area (Å²) in [4.78, 5) is 18.5. The average molecular weight is 348 g/mol. The van der Waals surface area contributed by atoms with Crippen LogP contribution in [0.3, 0.4) is 0 Å². The Hall–Kier alpha value is -2.42. The molecule has 2 aromatic rings. The second kappa shape index (κ2) is 6.14. The van der Waals surface area contributed by atoms with E-state index in [1.807, 2.05) is 0 Å². The Bertz CT molecular complexity index is 762. The van der Waals surface area contributed by atoms with E-state index in [9.17, 15) is 4.79 Å². The molecule has 9 heteroatoms. The van der Waals surface area contributed by atoms with Gasteiger partial charge in [-0.25, -0.2) is 0 Å². The minimum absolute atomic E-state index is 0.151. The van der Waals surface area contributed by atoms with Crippen molar-refractivity contribution in [3.63, 3.8) is 0 Å². The van der Waals surface area contributed by atoms with E-state index in [1.54, 1.807) is 11.8 Å². The number of aryl methyl sites for hydroxylation is 1. The second-order valence-electron chi connectivity index (χ2n) is 6.53. The molecule has 4 rings (SSSR count). The van der Waals surface area contributed by atoms with Gasteiger partial charge >= 0.3 is 0 Å². The van der Waals surface area contributed by atoms with Crippen molar-refractivity contribution in [3.8, 4) is 5.88 Å². The van der Waals surface area contributed by atoms with E-state index in [0.29, 0.717) is 30.7 Å². The standard InChI is InChI=1S/C16H20N4O5/c1-10-17-14(25-18-10)11-3-4-16(23-11)5-7-20(8-6-16)15(21)12-9-13(22-2)19-24-12/h9,11H,3-8H2,1-2H3. The number of likely N-dealkylation sites (tertiary alicyclic amines) is 1. The van der Waals surface area contributed by atoms with E-state index < -0.39 is 0 Å². The number of carbonyl (C=O) groups is 1. The van der Waals surface area contributed by atoms with Gasteiger partial charge in [-0.2, -0.15) is 4.98 Å². The first-order chi connectivity index (χ1) is 12.1. The molecule has 25 heavy (non-hydrogen) atoms. The molecule has 4 heterocycles. The molecule has 0 N–H and O–H groups in total. The van der Waals surface area contributed by atoms with Gasteiger partial charge in [0.25, 0.3) is 17.7 Å². The maximum atomic E-state index is 12.5. The molecule has 2 aromatic heterocycles. The number of methoxy groups -OCH3 is 1. The van der Waals surface area contributed by atoms with Crippen molar-refractivity contribution >= 4 is 5.91 Å². The van der Waals surface area contributed by atoms with Crippen LogP contribution in [0.1, 0.15) is 54.1 Å². The first kappa shape index (κ1) is 16.1. The molecule has 1 atom stereocenters. The number of rotatable bonds is 3. The molecule has 2 fully saturated rings. The molecular weight excluding hydrogens is 328 g/mol. The zero-order valence-corrected chi connectivity index (χ0v) is 14.2. The molecule has 0 bridgehead atoms. The normalized spacial score (nSPS) is 22.5. The van der Waals surface area contributed by atoms with Crippen LogP contribution >= 0.6 is 0 Å². The maximum absolute atomic E-state index is 12.5. The molecule has 2 aliphatic rings. The molecule has 0 radical (unpaired) electrons. The van der Waals surface area contributed by atoms with Gasteiger partial charge in [-0.3, -0.25) is 4.79 Å². The maximum Gasteiger partial charge on any atom is 0.292 e. The summed E-state index contributed by atoms with van der Waals surface area (Å²) in [5.41, 5.74) is -0.219. The molecule has 134 valence electrons. The van der Waals surface area contributed by atoms with Crippen LogP contribution in [0.4, 0.5) is 0 Å². The van der Waals surface area contributed by atoms with E-state index in [1.165, 1.54) is 13.2 Å². The highest BCUT2D eigenvalue weighted by Gasteiger charge is 2.45. The lowest BCUT2D eigenvalue weighted by atomic mass is 9.88. The zero-order chi connectivity index (χ0) is 17.4. The Kier molecular flexibility index (Phi) is 3.95. The number of piperidine rings is 1. The SMILES string of the molecule is COc1cc(C(=O)N2CCC3(CCC(c4nc(C)no4)O3)CC2)on1. The van der Waals surface area contributed by atoms with E-state index in [2.05, 4.69) is 15.3 Å². The van der Waals surface area contributed by atoms with Gasteiger partial charge in [0.1, 0.15) is 6.10 Å². The van der Waals surface area contributed by atoms with Gasteiger partial charge in [-0.1, -0.05) is 5.16 Å². The molecule has 1 amide bonds. The Morgan fingerprint density at radius 3 is 2.72 bits per heavy atom. The number of ether oxygens (including phenoxy) is 2. The fourth-order valence-corrected chi connectivity index (χ4v) is 3.53. The van der Waals surface area contributed by atoms with E-state index in [4.69, 9.17) is 18.5 Å². The molecule has 9 nitrogen and oxygen atoms in total. The lowest BCUT2D eigenvalue weighted by molar-refractivity contribution is -0.0822. The third-order valence-corrected chi connectivity index (χ3v) is 4.94. The van der Waals surface area contributed by atoms with Gasteiger partial charge in [0, 0.05) is 13.1 Å². The third-order valence-electron chi connectivity index (χ3n) is 4.94. The quantitative estimate of drug-likeness (QED) is 0.828. The number of amides is 1. The van der Waals surface area contributed by atoms with E-state index in [0.717, 1.165) is 25.7 Å². The summed E-state index contributed by atoms with van der Waals surface area (Å²) in [6.07, 6.45) is 3.18. The molecule has 1 unspecified atom stereocenters. The highest BCUT2D eigenvalue weighted by Crippen LogP contribution is 2.44. The van der Waals surface area contributed by atoms with Gasteiger partial charge in [0.05, 0.1) is 18.8 Å². The highest BCUT2D eigenvalue weighted by molar-refractivity contribution is 5.91. The fraction of sp³-hybridized carbons (Fsp3) is 0.625. The lowest BCUT2D eigenvalue weighted by Crippen LogP contribution is -2.46. The summed E-state index contributed by atoms with van der Waals surface area (Å²) >= 11 is 0. The minimum Gasteiger partial charge on any atom is -0.479 e. The summed E-state index contributed by atoms with van der Waals surface area (Å²) in [5, 5.41) is 7.50. The number of hydrogen-bond acceptors (Lipinski definition) is 8. The van der Waals surface area contributed by atoms with Gasteiger partial charge in [0.15, 0.2) is 5.82 Å². The fourth-order valence-electron chi connectivity index (χ4n) is 3.53. The van der Waals surface area contributed by atoms with Crippen molar-refractivity contribution < 1.29 is 23.3 Å². The highest BCUT2D eigenvalue weighted by atomic mass is 16.5. The van der Waals surface area contributed by atoms with Crippen LogP contribution < -0.4 is 4.74 Å².